The van der Waals surface area contributed by atoms with Crippen LogP contribution in [0, 0.1) is 18.2 Å². The van der Waals surface area contributed by atoms with Crippen molar-refractivity contribution in [3.63, 3.8) is 0 Å². The van der Waals surface area contributed by atoms with E-state index in [2.05, 4.69) is 15.7 Å². The lowest BCUT2D eigenvalue weighted by Gasteiger charge is -2.48. The lowest BCUT2D eigenvalue weighted by atomic mass is 9.91. The molecule has 0 saturated carbocycles. The molecule has 234 valence electrons. The lowest BCUT2D eigenvalue weighted by Crippen LogP contribution is -2.63. The van der Waals surface area contributed by atoms with E-state index in [9.17, 15) is 9.18 Å². The van der Waals surface area contributed by atoms with Crippen LogP contribution in [-0.2, 0) is 27.3 Å². The molecule has 0 bridgehead atoms. The fourth-order valence-corrected chi connectivity index (χ4v) is 7.41. The van der Waals surface area contributed by atoms with Crippen LogP contribution in [0.2, 0.25) is 0 Å². The number of rotatable bonds is 7. The van der Waals surface area contributed by atoms with E-state index in [0.29, 0.717) is 43.6 Å². The van der Waals surface area contributed by atoms with Crippen molar-refractivity contribution in [2.75, 3.05) is 51.8 Å². The van der Waals surface area contributed by atoms with Crippen LogP contribution < -0.4 is 9.64 Å². The van der Waals surface area contributed by atoms with E-state index in [1.807, 2.05) is 29.2 Å². The second-order valence-electron chi connectivity index (χ2n) is 12.2. The number of hydrogen-bond donors (Lipinski definition) is 0. The number of halogens is 1. The molecule has 9 nitrogen and oxygen atoms in total. The molecule has 1 amide bonds. The predicted molar refractivity (Wildman–Crippen MR) is 169 cm³/mol. The first-order valence-corrected chi connectivity index (χ1v) is 15.7. The van der Waals surface area contributed by atoms with Gasteiger partial charge in [-0.1, -0.05) is 36.3 Å². The maximum absolute atomic E-state index is 14.7. The van der Waals surface area contributed by atoms with Crippen LogP contribution in [0.5, 0.6) is 6.01 Å². The summed E-state index contributed by atoms with van der Waals surface area (Å²) in [6.07, 6.45) is 12.9. The molecule has 4 aliphatic rings. The van der Waals surface area contributed by atoms with Gasteiger partial charge in [-0.3, -0.25) is 9.69 Å². The predicted octanol–water partition coefficient (Wildman–Crippen LogP) is 4.03. The number of likely N-dealkylation sites (tertiary alicyclic amines) is 2. The maximum Gasteiger partial charge on any atom is 0.318 e. The van der Waals surface area contributed by atoms with Crippen molar-refractivity contribution in [1.29, 1.82) is 0 Å². The summed E-state index contributed by atoms with van der Waals surface area (Å²) < 4.78 is 32.1. The van der Waals surface area contributed by atoms with Crippen LogP contribution in [0.4, 0.5) is 10.2 Å². The Morgan fingerprint density at radius 1 is 1.13 bits per heavy atom. The van der Waals surface area contributed by atoms with E-state index < -0.39 is 5.82 Å². The summed E-state index contributed by atoms with van der Waals surface area (Å²) in [4.78, 5) is 29.3. The Morgan fingerprint density at radius 2 is 1.98 bits per heavy atom. The molecule has 3 saturated heterocycles. The second-order valence-corrected chi connectivity index (χ2v) is 12.2. The minimum absolute atomic E-state index is 0.0697. The Morgan fingerprint density at radius 3 is 2.76 bits per heavy atom. The number of methoxy groups -OCH3 is 2. The van der Waals surface area contributed by atoms with Gasteiger partial charge in [0.05, 0.1) is 49.3 Å². The molecule has 5 heterocycles. The quantitative estimate of drug-likeness (QED) is 0.293. The molecule has 3 aromatic rings. The second kappa shape index (κ2) is 12.4. The van der Waals surface area contributed by atoms with E-state index in [-0.39, 0.29) is 29.7 Å². The SMILES string of the molecule is C#Cc1c(F)ccc2cccc(C3Cc4nc(OC)nc(N5CC6C5CCN6C(=O)/C=C/CN5CCC(OC)CC5)c4CO3)c12. The number of hydrogen-bond acceptors (Lipinski definition) is 8. The smallest absolute Gasteiger partial charge is 0.318 e. The summed E-state index contributed by atoms with van der Waals surface area (Å²) in [5, 5.41) is 1.56. The number of nitrogens with zero attached hydrogens (tertiary/aromatic N) is 5. The van der Waals surface area contributed by atoms with Gasteiger partial charge in [-0.25, -0.2) is 4.39 Å². The molecule has 3 fully saturated rings. The van der Waals surface area contributed by atoms with Crippen molar-refractivity contribution in [2.45, 2.75) is 56.6 Å². The topological polar surface area (TPSA) is 80.3 Å². The minimum Gasteiger partial charge on any atom is -0.467 e. The van der Waals surface area contributed by atoms with Gasteiger partial charge in [0.2, 0.25) is 5.91 Å². The van der Waals surface area contributed by atoms with Crippen molar-refractivity contribution >= 4 is 22.5 Å². The number of piperidine rings is 1. The highest BCUT2D eigenvalue weighted by atomic mass is 19.1. The third-order valence-corrected chi connectivity index (χ3v) is 9.90. The average Bonchev–Trinajstić information content (AvgIpc) is 3.39. The number of amides is 1. The van der Waals surface area contributed by atoms with Crippen LogP contribution in [0.3, 0.4) is 0 Å². The van der Waals surface area contributed by atoms with Crippen LogP contribution >= 0.6 is 0 Å². The number of aromatic nitrogens is 2. The minimum atomic E-state index is -0.422. The Balaban J connectivity index is 1.06. The fraction of sp³-hybridized carbons (Fsp3) is 0.457. The van der Waals surface area contributed by atoms with Crippen LogP contribution in [0.1, 0.15) is 47.8 Å². The zero-order chi connectivity index (χ0) is 31.1. The van der Waals surface area contributed by atoms with Gasteiger partial charge in [-0.05, 0) is 36.3 Å². The van der Waals surface area contributed by atoms with Crippen molar-refractivity contribution in [2.24, 2.45) is 0 Å². The molecule has 4 aliphatic heterocycles. The van der Waals surface area contributed by atoms with Gasteiger partial charge < -0.3 is 24.0 Å². The van der Waals surface area contributed by atoms with E-state index in [1.165, 1.54) is 6.07 Å². The largest absolute Gasteiger partial charge is 0.467 e. The van der Waals surface area contributed by atoms with E-state index in [1.54, 1.807) is 26.4 Å². The zero-order valence-corrected chi connectivity index (χ0v) is 25.7. The number of terminal acetylenes is 1. The molecule has 3 atom stereocenters. The van der Waals surface area contributed by atoms with E-state index >= 15 is 0 Å². The summed E-state index contributed by atoms with van der Waals surface area (Å²) in [5.41, 5.74) is 2.85. The molecule has 0 N–H and O–H groups in total. The van der Waals surface area contributed by atoms with E-state index in [0.717, 1.165) is 66.9 Å². The first-order valence-electron chi connectivity index (χ1n) is 15.7. The van der Waals surface area contributed by atoms with Gasteiger partial charge in [0.1, 0.15) is 11.6 Å². The molecule has 7 rings (SSSR count). The van der Waals surface area contributed by atoms with Gasteiger partial charge in [-0.15, -0.1) is 6.42 Å². The summed E-state index contributed by atoms with van der Waals surface area (Å²) in [5.74, 6) is 2.98. The number of carbonyl (C=O) groups excluding carboxylic acids is 1. The number of anilines is 1. The summed E-state index contributed by atoms with van der Waals surface area (Å²) in [7, 11) is 3.34. The monoisotopic (exact) mass is 611 g/mol. The van der Waals surface area contributed by atoms with Crippen molar-refractivity contribution in [3.05, 3.63) is 70.7 Å². The van der Waals surface area contributed by atoms with Gasteiger partial charge in [0.15, 0.2) is 0 Å². The number of ether oxygens (including phenoxy) is 3. The Labute approximate surface area is 263 Å². The maximum atomic E-state index is 14.7. The molecule has 45 heavy (non-hydrogen) atoms. The van der Waals surface area contributed by atoms with Crippen molar-refractivity contribution in [3.8, 4) is 18.4 Å². The third kappa shape index (κ3) is 5.43. The van der Waals surface area contributed by atoms with Crippen LogP contribution in [-0.4, -0.2) is 90.8 Å². The molecule has 2 aromatic carbocycles. The molecule has 3 unspecified atom stereocenters. The van der Waals surface area contributed by atoms with Gasteiger partial charge in [0.25, 0.3) is 0 Å². The average molecular weight is 612 g/mol. The van der Waals surface area contributed by atoms with E-state index in [4.69, 9.17) is 30.6 Å². The summed E-state index contributed by atoms with van der Waals surface area (Å²) in [6.45, 7) is 4.47. The molecule has 10 heteroatoms. The normalized spacial score (nSPS) is 23.6. The molecule has 0 spiro atoms. The molecular weight excluding hydrogens is 573 g/mol. The number of carbonyl (C=O) groups is 1. The Bertz CT molecular complexity index is 1680. The van der Waals surface area contributed by atoms with Gasteiger partial charge >= 0.3 is 6.01 Å². The lowest BCUT2D eigenvalue weighted by molar-refractivity contribution is -0.127. The molecular formula is C35H38FN5O4. The highest BCUT2D eigenvalue weighted by Gasteiger charge is 2.50. The third-order valence-electron chi connectivity index (χ3n) is 9.90. The molecule has 0 radical (unpaired) electrons. The number of fused-ring (bicyclic) bond motifs is 3. The van der Waals surface area contributed by atoms with Crippen LogP contribution in [0.15, 0.2) is 42.5 Å². The summed E-state index contributed by atoms with van der Waals surface area (Å²) in [6, 6.07) is 9.57. The van der Waals surface area contributed by atoms with Gasteiger partial charge in [0, 0.05) is 63.3 Å². The van der Waals surface area contributed by atoms with Crippen molar-refractivity contribution in [1.82, 2.24) is 19.8 Å². The highest BCUT2D eigenvalue weighted by Crippen LogP contribution is 2.42. The zero-order valence-electron chi connectivity index (χ0n) is 25.7. The van der Waals surface area contributed by atoms with Crippen molar-refractivity contribution < 1.29 is 23.4 Å². The van der Waals surface area contributed by atoms with Crippen LogP contribution in [0.25, 0.3) is 10.8 Å². The Hall–Kier alpha value is -4.04. The fourth-order valence-electron chi connectivity index (χ4n) is 7.41. The first-order chi connectivity index (χ1) is 22.0. The highest BCUT2D eigenvalue weighted by molar-refractivity contribution is 5.92. The molecule has 1 aromatic heterocycles. The standard InChI is InChI=1S/C35H38FN5O4/c1-4-24-27(36)11-10-22-7-5-8-25(33(22)24)31-19-28-26(21-45-31)34(38-35(37-28)44-3)41-20-30-29(41)14-18-40(30)32(42)9-6-15-39-16-12-23(43-2)13-17-39/h1,5-11,23,29-31H,12-21H2,2-3H3/b9-6+. The van der Waals surface area contributed by atoms with Gasteiger partial charge in [-0.2, -0.15) is 9.97 Å². The Kier molecular flexibility index (Phi) is 8.17. The molecule has 0 aliphatic carbocycles. The first kappa shape index (κ1) is 29.7. The summed E-state index contributed by atoms with van der Waals surface area (Å²) >= 11 is 0. The number of benzene rings is 2.